The standard InChI is InChI=1S/C12H17ClN4O/c1-16-4-6-17(7-5-16)15-12(18)9-2-3-10(13)11(14)8-9/h2-3,8H,4-7,14H2,1H3,(H,15,18). The molecule has 1 aliphatic heterocycles. The molecule has 0 atom stereocenters. The molecule has 0 aromatic heterocycles. The second kappa shape index (κ2) is 5.56. The molecule has 1 fully saturated rings. The number of benzene rings is 1. The molecule has 3 N–H and O–H groups in total. The van der Waals surface area contributed by atoms with Gasteiger partial charge in [-0.2, -0.15) is 0 Å². The lowest BCUT2D eigenvalue weighted by Crippen LogP contribution is -2.52. The SMILES string of the molecule is CN1CCN(NC(=O)c2ccc(Cl)c(N)c2)CC1. The number of anilines is 1. The number of nitrogens with one attached hydrogen (secondary N) is 1. The Morgan fingerprint density at radius 2 is 2.00 bits per heavy atom. The van der Waals surface area contributed by atoms with Gasteiger partial charge in [-0.1, -0.05) is 11.6 Å². The minimum Gasteiger partial charge on any atom is -0.398 e. The fourth-order valence-electron chi connectivity index (χ4n) is 1.81. The van der Waals surface area contributed by atoms with Crippen LogP contribution in [0.3, 0.4) is 0 Å². The van der Waals surface area contributed by atoms with Crippen LogP contribution in [0.15, 0.2) is 18.2 Å². The zero-order valence-electron chi connectivity index (χ0n) is 10.3. The predicted octanol–water partition coefficient (Wildman–Crippen LogP) is 0.814. The Hall–Kier alpha value is -1.30. The summed E-state index contributed by atoms with van der Waals surface area (Å²) in [6.07, 6.45) is 0. The number of rotatable bonds is 2. The van der Waals surface area contributed by atoms with Gasteiger partial charge in [0.2, 0.25) is 0 Å². The summed E-state index contributed by atoms with van der Waals surface area (Å²) in [5.41, 5.74) is 9.49. The highest BCUT2D eigenvalue weighted by Gasteiger charge is 2.16. The maximum absolute atomic E-state index is 12.0. The highest BCUT2D eigenvalue weighted by atomic mass is 35.5. The molecule has 1 aromatic rings. The van der Waals surface area contributed by atoms with E-state index in [2.05, 4.69) is 17.4 Å². The molecule has 0 saturated carbocycles. The highest BCUT2D eigenvalue weighted by Crippen LogP contribution is 2.19. The van der Waals surface area contributed by atoms with E-state index >= 15 is 0 Å². The van der Waals surface area contributed by atoms with Gasteiger partial charge in [-0.05, 0) is 25.2 Å². The van der Waals surface area contributed by atoms with Gasteiger partial charge in [-0.15, -0.1) is 0 Å². The van der Waals surface area contributed by atoms with Gasteiger partial charge in [0, 0.05) is 31.7 Å². The van der Waals surface area contributed by atoms with E-state index < -0.39 is 0 Å². The summed E-state index contributed by atoms with van der Waals surface area (Å²) >= 11 is 5.82. The van der Waals surface area contributed by atoms with Gasteiger partial charge >= 0.3 is 0 Å². The van der Waals surface area contributed by atoms with Crippen LogP contribution in [-0.4, -0.2) is 49.0 Å². The quantitative estimate of drug-likeness (QED) is 0.780. The lowest BCUT2D eigenvalue weighted by Gasteiger charge is -2.32. The minimum absolute atomic E-state index is 0.150. The molecule has 18 heavy (non-hydrogen) atoms. The van der Waals surface area contributed by atoms with Gasteiger partial charge in [0.05, 0.1) is 10.7 Å². The first kappa shape index (κ1) is 13.1. The average Bonchev–Trinajstić information content (AvgIpc) is 2.35. The minimum atomic E-state index is -0.150. The Labute approximate surface area is 111 Å². The summed E-state index contributed by atoms with van der Waals surface area (Å²) in [4.78, 5) is 14.2. The Morgan fingerprint density at radius 1 is 1.33 bits per heavy atom. The Balaban J connectivity index is 1.97. The van der Waals surface area contributed by atoms with Crippen LogP contribution in [0.4, 0.5) is 5.69 Å². The summed E-state index contributed by atoms with van der Waals surface area (Å²) in [6.45, 7) is 3.54. The summed E-state index contributed by atoms with van der Waals surface area (Å²) in [5.74, 6) is -0.150. The molecular formula is C12H17ClN4O. The van der Waals surface area contributed by atoms with Crippen molar-refractivity contribution in [1.29, 1.82) is 0 Å². The summed E-state index contributed by atoms with van der Waals surface area (Å²) in [7, 11) is 2.07. The van der Waals surface area contributed by atoms with Gasteiger partial charge in [0.25, 0.3) is 5.91 Å². The van der Waals surface area contributed by atoms with Gasteiger partial charge in [-0.3, -0.25) is 10.2 Å². The van der Waals surface area contributed by atoms with E-state index in [0.29, 0.717) is 16.3 Å². The Kier molecular flexibility index (Phi) is 4.06. The van der Waals surface area contributed by atoms with Crippen molar-refractivity contribution in [3.63, 3.8) is 0 Å². The average molecular weight is 269 g/mol. The first-order valence-corrected chi connectivity index (χ1v) is 6.23. The number of halogens is 1. The number of hydrogen-bond donors (Lipinski definition) is 2. The van der Waals surface area contributed by atoms with E-state index in [9.17, 15) is 4.79 Å². The molecule has 1 aromatic carbocycles. The summed E-state index contributed by atoms with van der Waals surface area (Å²) < 4.78 is 0. The Morgan fingerprint density at radius 3 is 2.61 bits per heavy atom. The predicted molar refractivity (Wildman–Crippen MR) is 72.4 cm³/mol. The van der Waals surface area contributed by atoms with Crippen molar-refractivity contribution in [2.45, 2.75) is 0 Å². The van der Waals surface area contributed by atoms with Crippen LogP contribution in [0.2, 0.25) is 5.02 Å². The zero-order valence-corrected chi connectivity index (χ0v) is 11.1. The molecule has 2 rings (SSSR count). The molecule has 0 unspecified atom stereocenters. The number of nitrogens with zero attached hydrogens (tertiary/aromatic N) is 2. The molecule has 1 saturated heterocycles. The van der Waals surface area contributed by atoms with Gasteiger partial charge in [0.15, 0.2) is 0 Å². The number of piperazine rings is 1. The first-order chi connectivity index (χ1) is 8.56. The molecular weight excluding hydrogens is 252 g/mol. The summed E-state index contributed by atoms with van der Waals surface area (Å²) in [5, 5.41) is 2.39. The van der Waals surface area contributed by atoms with Gasteiger partial charge < -0.3 is 10.6 Å². The maximum atomic E-state index is 12.0. The van der Waals surface area contributed by atoms with Crippen molar-refractivity contribution in [2.24, 2.45) is 0 Å². The fraction of sp³-hybridized carbons (Fsp3) is 0.417. The zero-order chi connectivity index (χ0) is 13.1. The van der Waals surface area contributed by atoms with Crippen LogP contribution in [0.25, 0.3) is 0 Å². The molecule has 0 aliphatic carbocycles. The Bertz CT molecular complexity index is 444. The lowest BCUT2D eigenvalue weighted by atomic mass is 10.2. The monoisotopic (exact) mass is 268 g/mol. The number of likely N-dealkylation sites (N-methyl/N-ethyl adjacent to an activating group) is 1. The maximum Gasteiger partial charge on any atom is 0.265 e. The van der Waals surface area contributed by atoms with Crippen molar-refractivity contribution in [3.05, 3.63) is 28.8 Å². The fourth-order valence-corrected chi connectivity index (χ4v) is 1.93. The molecule has 0 bridgehead atoms. The third kappa shape index (κ3) is 3.13. The number of hydrogen-bond acceptors (Lipinski definition) is 4. The third-order valence-electron chi connectivity index (χ3n) is 3.02. The van der Waals surface area contributed by atoms with Crippen LogP contribution < -0.4 is 11.2 Å². The highest BCUT2D eigenvalue weighted by molar-refractivity contribution is 6.33. The van der Waals surface area contributed by atoms with Crippen molar-refractivity contribution in [2.75, 3.05) is 39.0 Å². The van der Waals surface area contributed by atoms with E-state index in [0.717, 1.165) is 26.2 Å². The molecule has 0 spiro atoms. The molecule has 5 nitrogen and oxygen atoms in total. The number of amides is 1. The second-order valence-corrected chi connectivity index (χ2v) is 4.87. The number of nitrogens with two attached hydrogens (primary N) is 1. The number of carbonyl (C=O) groups excluding carboxylic acids is 1. The van der Waals surface area contributed by atoms with E-state index in [1.807, 2.05) is 5.01 Å². The second-order valence-electron chi connectivity index (χ2n) is 4.47. The summed E-state index contributed by atoms with van der Waals surface area (Å²) in [6, 6.07) is 4.90. The van der Waals surface area contributed by atoms with Crippen molar-refractivity contribution in [3.8, 4) is 0 Å². The number of nitrogen functional groups attached to an aromatic ring is 1. The lowest BCUT2D eigenvalue weighted by molar-refractivity contribution is 0.0662. The van der Waals surface area contributed by atoms with Gasteiger partial charge in [-0.25, -0.2) is 5.01 Å². The smallest absolute Gasteiger partial charge is 0.265 e. The van der Waals surface area contributed by atoms with E-state index in [4.69, 9.17) is 17.3 Å². The van der Waals surface area contributed by atoms with E-state index in [1.165, 1.54) is 0 Å². The normalized spacial score (nSPS) is 17.7. The van der Waals surface area contributed by atoms with E-state index in [-0.39, 0.29) is 5.91 Å². The van der Waals surface area contributed by atoms with Crippen molar-refractivity contribution < 1.29 is 4.79 Å². The van der Waals surface area contributed by atoms with Crippen LogP contribution in [0.1, 0.15) is 10.4 Å². The number of hydrazine groups is 1. The third-order valence-corrected chi connectivity index (χ3v) is 3.37. The molecule has 6 heteroatoms. The van der Waals surface area contributed by atoms with Crippen molar-refractivity contribution in [1.82, 2.24) is 15.3 Å². The van der Waals surface area contributed by atoms with Crippen LogP contribution in [-0.2, 0) is 0 Å². The van der Waals surface area contributed by atoms with Gasteiger partial charge in [0.1, 0.15) is 0 Å². The van der Waals surface area contributed by atoms with Crippen molar-refractivity contribution >= 4 is 23.2 Å². The largest absolute Gasteiger partial charge is 0.398 e. The van der Waals surface area contributed by atoms with Crippen LogP contribution >= 0.6 is 11.6 Å². The van der Waals surface area contributed by atoms with E-state index in [1.54, 1.807) is 18.2 Å². The number of carbonyl (C=O) groups is 1. The van der Waals surface area contributed by atoms with Crippen LogP contribution in [0.5, 0.6) is 0 Å². The van der Waals surface area contributed by atoms with Crippen LogP contribution in [0, 0.1) is 0 Å². The molecule has 0 radical (unpaired) electrons. The molecule has 1 aliphatic rings. The topological polar surface area (TPSA) is 61.6 Å². The molecule has 1 amide bonds. The molecule has 1 heterocycles. The molecule has 98 valence electrons. The first-order valence-electron chi connectivity index (χ1n) is 5.86.